The highest BCUT2D eigenvalue weighted by molar-refractivity contribution is 7.92. The van der Waals surface area contributed by atoms with Crippen LogP contribution in [0.25, 0.3) is 0 Å². The fourth-order valence-electron chi connectivity index (χ4n) is 5.08. The summed E-state index contributed by atoms with van der Waals surface area (Å²) in [5, 5.41) is 3.70. The van der Waals surface area contributed by atoms with Gasteiger partial charge in [0.15, 0.2) is 0 Å². The van der Waals surface area contributed by atoms with Gasteiger partial charge in [-0.3, -0.25) is 13.9 Å². The van der Waals surface area contributed by atoms with Crippen molar-refractivity contribution >= 4 is 50.7 Å². The summed E-state index contributed by atoms with van der Waals surface area (Å²) in [4.78, 5) is 30.1. The minimum Gasteiger partial charge on any atom is -0.352 e. The molecular weight excluding hydrogens is 653 g/mol. The van der Waals surface area contributed by atoms with E-state index in [4.69, 9.17) is 23.2 Å². The lowest BCUT2D eigenvalue weighted by atomic mass is 10.0. The Balaban J connectivity index is 1.84. The second kappa shape index (κ2) is 15.8. The topological polar surface area (TPSA) is 86.8 Å². The minimum absolute atomic E-state index is 0.00745. The predicted molar refractivity (Wildman–Crippen MR) is 190 cm³/mol. The second-order valence-corrected chi connectivity index (χ2v) is 14.6. The Labute approximate surface area is 288 Å². The summed E-state index contributed by atoms with van der Waals surface area (Å²) in [6.07, 6.45) is 0.907. The molecule has 1 N–H and O–H groups in total. The maximum atomic E-state index is 14.6. The third-order valence-electron chi connectivity index (χ3n) is 8.28. The molecule has 4 aromatic carbocycles. The molecule has 0 saturated heterocycles. The van der Waals surface area contributed by atoms with Crippen molar-refractivity contribution in [3.8, 4) is 0 Å². The van der Waals surface area contributed by atoms with Gasteiger partial charge in [-0.25, -0.2) is 8.42 Å². The Morgan fingerprint density at radius 1 is 0.809 bits per heavy atom. The van der Waals surface area contributed by atoms with E-state index >= 15 is 0 Å². The van der Waals surface area contributed by atoms with E-state index < -0.39 is 28.5 Å². The molecule has 4 rings (SSSR count). The molecule has 4 aromatic rings. The number of benzene rings is 4. The van der Waals surface area contributed by atoms with Crippen LogP contribution in [0, 0.1) is 20.8 Å². The molecule has 0 aliphatic rings. The Kier molecular flexibility index (Phi) is 12.1. The Morgan fingerprint density at radius 2 is 1.49 bits per heavy atom. The number of sulfonamides is 1. The summed E-state index contributed by atoms with van der Waals surface area (Å²) < 4.78 is 29.6. The predicted octanol–water partition coefficient (Wildman–Crippen LogP) is 7.67. The van der Waals surface area contributed by atoms with E-state index in [-0.39, 0.29) is 29.8 Å². The number of carbonyl (C=O) groups is 2. The smallest absolute Gasteiger partial charge is 0.264 e. The molecule has 0 radical (unpaired) electrons. The Hall–Kier alpha value is -3.85. The van der Waals surface area contributed by atoms with Gasteiger partial charge in [0.05, 0.1) is 20.6 Å². The van der Waals surface area contributed by atoms with E-state index in [1.807, 2.05) is 71.0 Å². The average Bonchev–Trinajstić information content (AvgIpc) is 3.05. The third kappa shape index (κ3) is 9.15. The molecule has 2 amide bonds. The zero-order valence-electron chi connectivity index (χ0n) is 27.3. The van der Waals surface area contributed by atoms with Gasteiger partial charge in [-0.05, 0) is 92.8 Å². The first-order valence-electron chi connectivity index (χ1n) is 15.5. The van der Waals surface area contributed by atoms with Crippen LogP contribution in [0.1, 0.15) is 48.1 Å². The third-order valence-corrected chi connectivity index (χ3v) is 10.8. The molecule has 0 bridgehead atoms. The summed E-state index contributed by atoms with van der Waals surface area (Å²) in [6.45, 7) is 9.02. The number of hydrogen-bond acceptors (Lipinski definition) is 4. The summed E-state index contributed by atoms with van der Waals surface area (Å²) in [5.74, 6) is -0.888. The largest absolute Gasteiger partial charge is 0.352 e. The zero-order chi connectivity index (χ0) is 34.3. The first-order valence-corrected chi connectivity index (χ1v) is 17.7. The molecule has 0 aliphatic carbocycles. The van der Waals surface area contributed by atoms with Gasteiger partial charge in [0.1, 0.15) is 12.6 Å². The van der Waals surface area contributed by atoms with Crippen molar-refractivity contribution < 1.29 is 18.0 Å². The molecular formula is C37H41Cl2N3O4S. The fourth-order valence-corrected chi connectivity index (χ4v) is 6.80. The molecule has 0 fully saturated rings. The lowest BCUT2D eigenvalue weighted by molar-refractivity contribution is -0.140. The van der Waals surface area contributed by atoms with Gasteiger partial charge in [0.2, 0.25) is 11.8 Å². The van der Waals surface area contributed by atoms with E-state index in [1.165, 1.54) is 17.0 Å². The van der Waals surface area contributed by atoms with Crippen molar-refractivity contribution in [3.63, 3.8) is 0 Å². The van der Waals surface area contributed by atoms with Crippen LogP contribution >= 0.6 is 23.2 Å². The lowest BCUT2D eigenvalue weighted by Gasteiger charge is -2.34. The van der Waals surface area contributed by atoms with Crippen LogP contribution in [0.2, 0.25) is 10.0 Å². The van der Waals surface area contributed by atoms with Crippen molar-refractivity contribution in [2.45, 2.75) is 71.0 Å². The SMILES string of the molecule is CCC(C)NC(=O)C(Cc1ccccc1)N(Cc1ccc(Cl)c(Cl)c1)C(=O)CN(c1ccc(C)c(C)c1)S(=O)(=O)c1ccc(C)cc1. The number of anilines is 1. The lowest BCUT2D eigenvalue weighted by Crippen LogP contribution is -2.54. The van der Waals surface area contributed by atoms with Gasteiger partial charge >= 0.3 is 0 Å². The van der Waals surface area contributed by atoms with Crippen molar-refractivity contribution in [1.29, 1.82) is 0 Å². The molecule has 248 valence electrons. The molecule has 47 heavy (non-hydrogen) atoms. The molecule has 0 aliphatic heterocycles. The number of nitrogens with one attached hydrogen (secondary N) is 1. The molecule has 0 aromatic heterocycles. The number of rotatable bonds is 13. The maximum absolute atomic E-state index is 14.6. The van der Waals surface area contributed by atoms with Gasteiger partial charge in [-0.15, -0.1) is 0 Å². The van der Waals surface area contributed by atoms with Crippen molar-refractivity contribution in [3.05, 3.63) is 129 Å². The van der Waals surface area contributed by atoms with Gasteiger partial charge < -0.3 is 10.2 Å². The summed E-state index contributed by atoms with van der Waals surface area (Å²) in [5.41, 5.74) is 4.60. The normalized spacial score (nSPS) is 12.7. The number of aryl methyl sites for hydroxylation is 3. The molecule has 0 saturated carbocycles. The first-order chi connectivity index (χ1) is 22.3. The van der Waals surface area contributed by atoms with Crippen molar-refractivity contribution in [2.24, 2.45) is 0 Å². The van der Waals surface area contributed by atoms with E-state index in [0.717, 1.165) is 26.6 Å². The van der Waals surface area contributed by atoms with Crippen LogP contribution in [-0.4, -0.2) is 43.8 Å². The number of nitrogens with zero attached hydrogens (tertiary/aromatic N) is 2. The molecule has 2 unspecified atom stereocenters. The van der Waals surface area contributed by atoms with Crippen molar-refractivity contribution in [2.75, 3.05) is 10.8 Å². The van der Waals surface area contributed by atoms with Gasteiger partial charge in [-0.1, -0.05) is 90.3 Å². The minimum atomic E-state index is -4.20. The molecule has 10 heteroatoms. The molecule has 0 spiro atoms. The van der Waals surface area contributed by atoms with Crippen LogP contribution < -0.4 is 9.62 Å². The van der Waals surface area contributed by atoms with E-state index in [9.17, 15) is 18.0 Å². The Morgan fingerprint density at radius 3 is 2.11 bits per heavy atom. The van der Waals surface area contributed by atoms with Crippen molar-refractivity contribution in [1.82, 2.24) is 10.2 Å². The summed E-state index contributed by atoms with van der Waals surface area (Å²) >= 11 is 12.6. The van der Waals surface area contributed by atoms with E-state index in [1.54, 1.807) is 42.5 Å². The van der Waals surface area contributed by atoms with Crippen LogP contribution in [0.5, 0.6) is 0 Å². The Bertz CT molecular complexity index is 1820. The maximum Gasteiger partial charge on any atom is 0.264 e. The van der Waals surface area contributed by atoms with Crippen LogP contribution in [-0.2, 0) is 32.6 Å². The molecule has 2 atom stereocenters. The fraction of sp³-hybridized carbons (Fsp3) is 0.297. The summed E-state index contributed by atoms with van der Waals surface area (Å²) in [6, 6.07) is 25.2. The van der Waals surface area contributed by atoms with Crippen LogP contribution in [0.3, 0.4) is 0 Å². The van der Waals surface area contributed by atoms with E-state index in [0.29, 0.717) is 27.7 Å². The number of hydrogen-bond donors (Lipinski definition) is 1. The zero-order valence-corrected chi connectivity index (χ0v) is 29.7. The van der Waals surface area contributed by atoms with Crippen LogP contribution in [0.15, 0.2) is 95.9 Å². The number of amides is 2. The quantitative estimate of drug-likeness (QED) is 0.156. The van der Waals surface area contributed by atoms with Gasteiger partial charge in [0.25, 0.3) is 10.0 Å². The summed E-state index contributed by atoms with van der Waals surface area (Å²) in [7, 11) is -4.20. The van der Waals surface area contributed by atoms with E-state index in [2.05, 4.69) is 5.32 Å². The first kappa shape index (κ1) is 36.0. The number of halogens is 2. The number of carbonyl (C=O) groups excluding carboxylic acids is 2. The monoisotopic (exact) mass is 693 g/mol. The van der Waals surface area contributed by atoms with Gasteiger partial charge in [-0.2, -0.15) is 0 Å². The molecule has 0 heterocycles. The van der Waals surface area contributed by atoms with Crippen LogP contribution in [0.4, 0.5) is 5.69 Å². The molecule has 7 nitrogen and oxygen atoms in total. The standard InChI is InChI=1S/C37H41Cl2N3O4S/c1-6-28(5)40-37(44)35(22-29-10-8-7-9-11-29)41(23-30-15-19-33(38)34(39)21-30)36(43)24-42(31-16-14-26(3)27(4)20-31)47(45,46)32-17-12-25(2)13-18-32/h7-21,28,35H,6,22-24H2,1-5H3,(H,40,44). The highest BCUT2D eigenvalue weighted by atomic mass is 35.5. The highest BCUT2D eigenvalue weighted by Crippen LogP contribution is 2.28. The highest BCUT2D eigenvalue weighted by Gasteiger charge is 2.35. The van der Waals surface area contributed by atoms with Gasteiger partial charge in [0, 0.05) is 19.0 Å². The second-order valence-electron chi connectivity index (χ2n) is 11.9. The average molecular weight is 695 g/mol.